The number of rotatable bonds is 3. The van der Waals surface area contributed by atoms with Crippen LogP contribution in [0, 0.1) is 5.92 Å². The van der Waals surface area contributed by atoms with Crippen LogP contribution in [0.15, 0.2) is 36.7 Å². The minimum atomic E-state index is -0.120. The summed E-state index contributed by atoms with van der Waals surface area (Å²) < 4.78 is 1.64. The molecule has 122 valence electrons. The summed E-state index contributed by atoms with van der Waals surface area (Å²) in [5, 5.41) is 14.5. The Kier molecular flexibility index (Phi) is 4.68. The summed E-state index contributed by atoms with van der Waals surface area (Å²) in [6.07, 6.45) is 5.28. The Balaban J connectivity index is 1.83. The van der Waals surface area contributed by atoms with Crippen molar-refractivity contribution in [3.8, 4) is 5.69 Å². The lowest BCUT2D eigenvalue weighted by Crippen LogP contribution is -2.49. The molecular formula is C17H20ClN3O2. The normalized spacial score (nSPS) is 21.4. The standard InChI is InChI=1S/C17H20ClN3O2/c1-12-4-3-7-20(16(12)11-22)17(23)13-9-19-21(10-13)15-6-2-5-14(18)8-15/h2,5-6,8-10,12,16,22H,3-4,7,11H2,1H3. The smallest absolute Gasteiger partial charge is 0.257 e. The number of aliphatic hydroxyl groups is 1. The number of halogens is 1. The zero-order valence-electron chi connectivity index (χ0n) is 13.0. The summed E-state index contributed by atoms with van der Waals surface area (Å²) in [7, 11) is 0. The highest BCUT2D eigenvalue weighted by molar-refractivity contribution is 6.30. The van der Waals surface area contributed by atoms with E-state index in [1.165, 1.54) is 0 Å². The molecule has 0 bridgehead atoms. The van der Waals surface area contributed by atoms with Crippen molar-refractivity contribution in [2.45, 2.75) is 25.8 Å². The van der Waals surface area contributed by atoms with E-state index in [4.69, 9.17) is 11.6 Å². The first-order chi connectivity index (χ1) is 11.1. The summed E-state index contributed by atoms with van der Waals surface area (Å²) in [6.45, 7) is 2.75. The van der Waals surface area contributed by atoms with Crippen LogP contribution in [0.2, 0.25) is 5.02 Å². The number of amides is 1. The number of aromatic nitrogens is 2. The summed E-state index contributed by atoms with van der Waals surface area (Å²) in [5.41, 5.74) is 1.33. The maximum atomic E-state index is 12.8. The first kappa shape index (κ1) is 16.0. The van der Waals surface area contributed by atoms with Crippen LogP contribution >= 0.6 is 11.6 Å². The van der Waals surface area contributed by atoms with Gasteiger partial charge in [0.1, 0.15) is 0 Å². The fraction of sp³-hybridized carbons (Fsp3) is 0.412. The van der Waals surface area contributed by atoms with Crippen molar-refractivity contribution in [1.82, 2.24) is 14.7 Å². The topological polar surface area (TPSA) is 58.4 Å². The Morgan fingerprint density at radius 2 is 2.30 bits per heavy atom. The van der Waals surface area contributed by atoms with Gasteiger partial charge in [-0.3, -0.25) is 4.79 Å². The molecule has 6 heteroatoms. The van der Waals surface area contributed by atoms with Crippen molar-refractivity contribution >= 4 is 17.5 Å². The van der Waals surface area contributed by atoms with Crippen molar-refractivity contribution in [3.63, 3.8) is 0 Å². The lowest BCUT2D eigenvalue weighted by molar-refractivity contribution is 0.0358. The van der Waals surface area contributed by atoms with Crippen LogP contribution in [0.3, 0.4) is 0 Å². The fourth-order valence-corrected chi connectivity index (χ4v) is 3.32. The van der Waals surface area contributed by atoms with Crippen molar-refractivity contribution in [3.05, 3.63) is 47.2 Å². The van der Waals surface area contributed by atoms with E-state index < -0.39 is 0 Å². The van der Waals surface area contributed by atoms with Gasteiger partial charge in [0.25, 0.3) is 5.91 Å². The van der Waals surface area contributed by atoms with Crippen LogP contribution < -0.4 is 0 Å². The first-order valence-corrected chi connectivity index (χ1v) is 8.20. The third-order valence-electron chi connectivity index (χ3n) is 4.47. The monoisotopic (exact) mass is 333 g/mol. The molecule has 2 aromatic rings. The molecule has 5 nitrogen and oxygen atoms in total. The van der Waals surface area contributed by atoms with Crippen LogP contribution in [0.25, 0.3) is 5.69 Å². The highest BCUT2D eigenvalue weighted by Gasteiger charge is 2.32. The predicted octanol–water partition coefficient (Wildman–Crippen LogP) is 2.76. The number of hydrogen-bond donors (Lipinski definition) is 1. The van der Waals surface area contributed by atoms with E-state index >= 15 is 0 Å². The number of benzene rings is 1. The van der Waals surface area contributed by atoms with Crippen LogP contribution in [0.4, 0.5) is 0 Å². The van der Waals surface area contributed by atoms with Gasteiger partial charge in [0.2, 0.25) is 0 Å². The molecule has 1 aromatic heterocycles. The average Bonchev–Trinajstić information content (AvgIpc) is 3.04. The Hall–Kier alpha value is -1.85. The predicted molar refractivity (Wildman–Crippen MR) is 88.9 cm³/mol. The molecule has 23 heavy (non-hydrogen) atoms. The van der Waals surface area contributed by atoms with E-state index in [0.29, 0.717) is 23.0 Å². The van der Waals surface area contributed by atoms with Crippen molar-refractivity contribution in [2.75, 3.05) is 13.2 Å². The van der Waals surface area contributed by atoms with Gasteiger partial charge in [-0.25, -0.2) is 4.68 Å². The Bertz CT molecular complexity index is 701. The van der Waals surface area contributed by atoms with E-state index in [1.54, 1.807) is 34.1 Å². The van der Waals surface area contributed by atoms with Gasteiger partial charge in [-0.05, 0) is 37.0 Å². The zero-order chi connectivity index (χ0) is 16.4. The van der Waals surface area contributed by atoms with Gasteiger partial charge in [0.05, 0.1) is 30.1 Å². The lowest BCUT2D eigenvalue weighted by Gasteiger charge is -2.38. The molecule has 1 aliphatic heterocycles. The van der Waals surface area contributed by atoms with Crippen molar-refractivity contribution < 1.29 is 9.90 Å². The molecule has 1 saturated heterocycles. The Morgan fingerprint density at radius 1 is 1.48 bits per heavy atom. The van der Waals surface area contributed by atoms with Crippen molar-refractivity contribution in [1.29, 1.82) is 0 Å². The number of carbonyl (C=O) groups excluding carboxylic acids is 1. The zero-order valence-corrected chi connectivity index (χ0v) is 13.8. The fourth-order valence-electron chi connectivity index (χ4n) is 3.14. The number of piperidine rings is 1. The van der Waals surface area contributed by atoms with E-state index in [-0.39, 0.29) is 18.6 Å². The van der Waals surface area contributed by atoms with Gasteiger partial charge in [-0.2, -0.15) is 5.10 Å². The molecular weight excluding hydrogens is 314 g/mol. The van der Waals surface area contributed by atoms with Crippen LogP contribution in [0.1, 0.15) is 30.1 Å². The molecule has 3 rings (SSSR count). The molecule has 2 atom stereocenters. The number of likely N-dealkylation sites (tertiary alicyclic amines) is 1. The van der Waals surface area contributed by atoms with Gasteiger partial charge in [0, 0.05) is 17.8 Å². The minimum absolute atomic E-state index is 0.00463. The second kappa shape index (κ2) is 6.72. The largest absolute Gasteiger partial charge is 0.394 e. The molecule has 1 amide bonds. The Morgan fingerprint density at radius 3 is 3.04 bits per heavy atom. The summed E-state index contributed by atoms with van der Waals surface area (Å²) in [4.78, 5) is 14.5. The SMILES string of the molecule is CC1CCCN(C(=O)c2cnn(-c3cccc(Cl)c3)c2)C1CO. The molecule has 0 radical (unpaired) electrons. The maximum absolute atomic E-state index is 12.8. The van der Waals surface area contributed by atoms with Gasteiger partial charge >= 0.3 is 0 Å². The Labute approximate surface area is 140 Å². The molecule has 1 fully saturated rings. The summed E-state index contributed by atoms with van der Waals surface area (Å²) in [5.74, 6) is 0.226. The molecule has 2 unspecified atom stereocenters. The van der Waals surface area contributed by atoms with E-state index in [1.807, 2.05) is 12.1 Å². The third-order valence-corrected chi connectivity index (χ3v) is 4.70. The van der Waals surface area contributed by atoms with E-state index in [2.05, 4.69) is 12.0 Å². The van der Waals surface area contributed by atoms with Gasteiger partial charge in [-0.1, -0.05) is 24.6 Å². The number of aliphatic hydroxyl groups excluding tert-OH is 1. The second-order valence-corrected chi connectivity index (χ2v) is 6.46. The average molecular weight is 334 g/mol. The molecule has 1 N–H and O–H groups in total. The summed E-state index contributed by atoms with van der Waals surface area (Å²) in [6, 6.07) is 7.19. The lowest BCUT2D eigenvalue weighted by atomic mass is 9.91. The van der Waals surface area contributed by atoms with Crippen LogP contribution in [-0.2, 0) is 0 Å². The van der Waals surface area contributed by atoms with Gasteiger partial charge in [-0.15, -0.1) is 0 Å². The molecule has 2 heterocycles. The van der Waals surface area contributed by atoms with Crippen LogP contribution in [-0.4, -0.2) is 44.9 Å². The van der Waals surface area contributed by atoms with Crippen molar-refractivity contribution in [2.24, 2.45) is 5.92 Å². The molecule has 0 aliphatic carbocycles. The van der Waals surface area contributed by atoms with Gasteiger partial charge in [0.15, 0.2) is 0 Å². The number of carbonyl (C=O) groups is 1. The van der Waals surface area contributed by atoms with Crippen LogP contribution in [0.5, 0.6) is 0 Å². The highest BCUT2D eigenvalue weighted by Crippen LogP contribution is 2.25. The second-order valence-electron chi connectivity index (χ2n) is 6.02. The van der Waals surface area contributed by atoms with E-state index in [0.717, 1.165) is 18.5 Å². The molecule has 1 aromatic carbocycles. The maximum Gasteiger partial charge on any atom is 0.257 e. The molecule has 0 saturated carbocycles. The quantitative estimate of drug-likeness (QED) is 0.939. The highest BCUT2D eigenvalue weighted by atomic mass is 35.5. The van der Waals surface area contributed by atoms with E-state index in [9.17, 15) is 9.90 Å². The first-order valence-electron chi connectivity index (χ1n) is 7.82. The molecule has 1 aliphatic rings. The minimum Gasteiger partial charge on any atom is -0.394 e. The molecule has 0 spiro atoms. The number of hydrogen-bond acceptors (Lipinski definition) is 3. The van der Waals surface area contributed by atoms with Gasteiger partial charge < -0.3 is 10.0 Å². The third kappa shape index (κ3) is 3.26. The summed E-state index contributed by atoms with van der Waals surface area (Å²) >= 11 is 6.00. The number of nitrogens with zero attached hydrogens (tertiary/aromatic N) is 3.